The highest BCUT2D eigenvalue weighted by molar-refractivity contribution is 5.45. The van der Waals surface area contributed by atoms with Gasteiger partial charge in [-0.3, -0.25) is 9.97 Å². The van der Waals surface area contributed by atoms with Crippen molar-refractivity contribution in [3.8, 4) is 0 Å². The van der Waals surface area contributed by atoms with E-state index in [4.69, 9.17) is 28.9 Å². The number of aromatic nitrogens is 2. The Hall–Kier alpha value is -1.88. The number of aliphatic hydroxyl groups is 7. The van der Waals surface area contributed by atoms with Crippen LogP contribution in [0.25, 0.3) is 0 Å². The highest BCUT2D eigenvalue weighted by Gasteiger charge is 2.79. The maximum absolute atomic E-state index is 12.9. The highest BCUT2D eigenvalue weighted by Crippen LogP contribution is 2.73. The molecule has 13 nitrogen and oxygen atoms in total. The van der Waals surface area contributed by atoms with Gasteiger partial charge in [0.1, 0.15) is 23.4 Å². The second-order valence-electron chi connectivity index (χ2n) is 26.4. The maximum Gasteiger partial charge on any atom is 0.174 e. The van der Waals surface area contributed by atoms with Crippen LogP contribution in [0.4, 0.5) is 0 Å². The van der Waals surface area contributed by atoms with Crippen molar-refractivity contribution < 1.29 is 54.7 Å². The van der Waals surface area contributed by atoms with Gasteiger partial charge in [0.2, 0.25) is 0 Å². The fourth-order valence-corrected chi connectivity index (χ4v) is 19.0. The lowest BCUT2D eigenvalue weighted by Gasteiger charge is -2.62. The van der Waals surface area contributed by atoms with E-state index in [9.17, 15) is 35.7 Å². The second kappa shape index (κ2) is 13.4. The first kappa shape index (κ1) is 45.0. The molecule has 8 fully saturated rings. The Labute approximate surface area is 395 Å². The molecule has 13 heteroatoms. The van der Waals surface area contributed by atoms with Crippen LogP contribution in [0, 0.1) is 69.0 Å². The lowest BCUT2D eigenvalue weighted by molar-refractivity contribution is -0.289. The van der Waals surface area contributed by atoms with Crippen molar-refractivity contribution in [2.75, 3.05) is 13.2 Å². The summed E-state index contributed by atoms with van der Waals surface area (Å²) in [6, 6.07) is 0. The topological polar surface area (TPSA) is 204 Å². The third-order valence-corrected chi connectivity index (χ3v) is 23.4. The van der Waals surface area contributed by atoms with Gasteiger partial charge in [0, 0.05) is 41.4 Å². The van der Waals surface area contributed by atoms with Crippen molar-refractivity contribution in [2.45, 2.75) is 203 Å². The van der Waals surface area contributed by atoms with Crippen LogP contribution in [-0.4, -0.2) is 123 Å². The minimum atomic E-state index is -1.45. The highest BCUT2D eigenvalue weighted by atomic mass is 16.7. The molecule has 1 aromatic rings. The zero-order chi connectivity index (χ0) is 47.2. The van der Waals surface area contributed by atoms with Crippen molar-refractivity contribution in [1.82, 2.24) is 9.97 Å². The Morgan fingerprint density at radius 2 is 1.04 bits per heavy atom. The Morgan fingerprint density at radius 3 is 1.57 bits per heavy atom. The van der Waals surface area contributed by atoms with E-state index in [1.165, 1.54) is 0 Å². The van der Waals surface area contributed by atoms with Crippen LogP contribution in [0.15, 0.2) is 23.3 Å². The van der Waals surface area contributed by atoms with E-state index in [1.54, 1.807) is 13.8 Å². The normalized spacial score (nSPS) is 60.0. The fourth-order valence-electron chi connectivity index (χ4n) is 19.0. The smallest absolute Gasteiger partial charge is 0.174 e. The summed E-state index contributed by atoms with van der Waals surface area (Å²) in [5, 5.41) is 84.4. The molecule has 0 bridgehead atoms. The molecule has 67 heavy (non-hydrogen) atoms. The Kier molecular flexibility index (Phi) is 9.00. The van der Waals surface area contributed by atoms with E-state index in [0.29, 0.717) is 57.3 Å². The van der Waals surface area contributed by atoms with E-state index < -0.39 is 87.2 Å². The zero-order valence-corrected chi connectivity index (χ0v) is 40.9. The third-order valence-electron chi connectivity index (χ3n) is 23.4. The number of nitrogens with zero attached hydrogens (tertiary/aromatic N) is 2. The molecule has 1 aromatic heterocycles. The summed E-state index contributed by atoms with van der Waals surface area (Å²) >= 11 is 0. The minimum Gasteiger partial charge on any atom is -0.392 e. The molecule has 368 valence electrons. The summed E-state index contributed by atoms with van der Waals surface area (Å²) in [4.78, 5) is 11.1. The number of hydrogen-bond donors (Lipinski definition) is 7. The largest absolute Gasteiger partial charge is 0.392 e. The molecule has 13 rings (SSSR count). The Bertz CT molecular complexity index is 2370. The number of ether oxygens (including phenoxy) is 4. The van der Waals surface area contributed by atoms with Crippen LogP contribution in [0.3, 0.4) is 0 Å². The molecule has 4 aliphatic heterocycles. The van der Waals surface area contributed by atoms with Gasteiger partial charge in [-0.2, -0.15) is 0 Å². The van der Waals surface area contributed by atoms with Gasteiger partial charge in [0.25, 0.3) is 0 Å². The van der Waals surface area contributed by atoms with E-state index in [0.717, 1.165) is 66.0 Å². The van der Waals surface area contributed by atoms with Crippen molar-refractivity contribution in [1.29, 1.82) is 0 Å². The van der Waals surface area contributed by atoms with Crippen molar-refractivity contribution in [3.05, 3.63) is 46.1 Å². The Balaban J connectivity index is 0.774. The van der Waals surface area contributed by atoms with E-state index in [-0.39, 0.29) is 53.6 Å². The Morgan fingerprint density at radius 1 is 0.567 bits per heavy atom. The molecule has 8 aliphatic carbocycles. The molecule has 4 saturated carbocycles. The maximum atomic E-state index is 12.9. The summed E-state index contributed by atoms with van der Waals surface area (Å²) in [5.41, 5.74) is -0.720. The van der Waals surface area contributed by atoms with E-state index in [2.05, 4.69) is 26.8 Å². The van der Waals surface area contributed by atoms with E-state index >= 15 is 0 Å². The average molecular weight is 929 g/mol. The van der Waals surface area contributed by atoms with Crippen LogP contribution in [0.5, 0.6) is 0 Å². The van der Waals surface area contributed by atoms with Gasteiger partial charge in [-0.1, -0.05) is 64.8 Å². The van der Waals surface area contributed by atoms with Crippen molar-refractivity contribution in [2.24, 2.45) is 69.0 Å². The molecule has 23 atom stereocenters. The zero-order valence-electron chi connectivity index (χ0n) is 40.9. The predicted octanol–water partition coefficient (Wildman–Crippen LogP) is 4.41. The molecule has 12 aliphatic rings. The summed E-state index contributed by atoms with van der Waals surface area (Å²) in [6.07, 6.45) is 9.22. The van der Waals surface area contributed by atoms with Crippen LogP contribution in [-0.2, 0) is 44.6 Å². The van der Waals surface area contributed by atoms with Crippen molar-refractivity contribution in [3.63, 3.8) is 0 Å². The molecular weight excluding hydrogens is 853 g/mol. The van der Waals surface area contributed by atoms with Crippen LogP contribution < -0.4 is 0 Å². The van der Waals surface area contributed by atoms with Gasteiger partial charge in [-0.25, -0.2) is 0 Å². The lowest BCUT2D eigenvalue weighted by atomic mass is 9.43. The third kappa shape index (κ3) is 5.25. The number of aliphatic hydroxyl groups excluding tert-OH is 3. The first-order chi connectivity index (χ1) is 31.3. The average Bonchev–Trinajstić information content (AvgIpc) is 3.82. The molecule has 4 saturated heterocycles. The molecule has 5 heterocycles. The predicted molar refractivity (Wildman–Crippen MR) is 243 cm³/mol. The van der Waals surface area contributed by atoms with Crippen LogP contribution >= 0.6 is 0 Å². The molecule has 0 aromatic carbocycles. The van der Waals surface area contributed by atoms with Gasteiger partial charge in [-0.15, -0.1) is 0 Å². The monoisotopic (exact) mass is 929 g/mol. The molecule has 7 N–H and O–H groups in total. The molecule has 2 spiro atoms. The number of fused-ring (bicyclic) bond motifs is 16. The number of hydrogen-bond acceptors (Lipinski definition) is 13. The van der Waals surface area contributed by atoms with Crippen LogP contribution in [0.2, 0.25) is 0 Å². The lowest BCUT2D eigenvalue weighted by Crippen LogP contribution is -2.66. The number of rotatable bonds is 0. The standard InChI is InChI=1S/C54H76N2O11/c1-26-51(13-11-45(3,60)24-64-51)66-42-20-32-30-10-9-28-15-35-37(22-47(28,5)31(30)18-40(58)49(32,7)53(26,42)62)56-36-16-29-17-39(57)44-33(48(29,6)23-38(36)55-35)19-41(59)50(8)34(44)21-43-54(50,63)27(2)52(67-43)14-12-46(4,61)25-65-52/h20-21,26-31,33,39-44,57-63H,9-19,22-25H2,1-8H3/t26-,27-,28+,29-,30-,31+,33+,39+,40-,41-,42+,43+,44-,45+,46+,47+,48+,49-,50-,51?,52-,53-,54-/m1/s1. The summed E-state index contributed by atoms with van der Waals surface area (Å²) in [6.45, 7) is 16.6. The van der Waals surface area contributed by atoms with Gasteiger partial charge >= 0.3 is 0 Å². The molecule has 0 amide bonds. The van der Waals surface area contributed by atoms with Gasteiger partial charge in [-0.05, 0) is 125 Å². The first-order valence-electron chi connectivity index (χ1n) is 26.2. The molecule has 1 unspecified atom stereocenters. The SMILES string of the molecule is C[C@@H]1C2(CC[C@](C)(O)CO2)O[C@H]2C=C3[C@@H]4CC[C@H]5Cc6nc7c(nc6C[C@]5(C)[C@H]4C[C@@H](O)[C@]3(C)[C@]21O)C[C@@H]1C[C@H](O)[C@H]2C3=C[C@@H]4O[C@]5(CC[C@](C)(O)CO5)[C@@H](C)[C@]4(O)[C@@]3(C)[C@H](O)C[C@@H]2[C@@]1(C)C7. The van der Waals surface area contributed by atoms with Crippen molar-refractivity contribution >= 4 is 0 Å². The first-order valence-corrected chi connectivity index (χ1v) is 26.2. The van der Waals surface area contributed by atoms with E-state index in [1.807, 2.05) is 26.8 Å². The molecule has 0 radical (unpaired) electrons. The molecular formula is C54H76N2O11. The van der Waals surface area contributed by atoms with Gasteiger partial charge in [0.05, 0.1) is 65.5 Å². The fraction of sp³-hybridized carbons (Fsp3) is 0.852. The summed E-state index contributed by atoms with van der Waals surface area (Å²) in [5.74, 6) is -2.32. The van der Waals surface area contributed by atoms with Crippen LogP contribution in [0.1, 0.15) is 136 Å². The van der Waals surface area contributed by atoms with Gasteiger partial charge in [0.15, 0.2) is 11.6 Å². The second-order valence-corrected chi connectivity index (χ2v) is 26.4. The quantitative estimate of drug-likeness (QED) is 0.181. The van der Waals surface area contributed by atoms with Gasteiger partial charge < -0.3 is 54.7 Å². The summed E-state index contributed by atoms with van der Waals surface area (Å²) in [7, 11) is 0. The summed E-state index contributed by atoms with van der Waals surface area (Å²) < 4.78 is 26.1. The minimum absolute atomic E-state index is 0.0378.